The van der Waals surface area contributed by atoms with Crippen molar-refractivity contribution in [3.05, 3.63) is 47.8 Å². The van der Waals surface area contributed by atoms with Gasteiger partial charge in [-0.3, -0.25) is 19.1 Å². The Hall–Kier alpha value is -4.32. The second-order valence-electron chi connectivity index (χ2n) is 9.08. The number of carbonyl (C=O) groups excluding carboxylic acids is 3. The molecule has 38 heavy (non-hydrogen) atoms. The molecule has 12 heteroatoms. The van der Waals surface area contributed by atoms with E-state index in [0.717, 1.165) is 11.2 Å². The van der Waals surface area contributed by atoms with Gasteiger partial charge in [-0.05, 0) is 30.7 Å². The van der Waals surface area contributed by atoms with Crippen LogP contribution in [0.15, 0.2) is 41.7 Å². The monoisotopic (exact) mass is 520 g/mol. The lowest BCUT2D eigenvalue weighted by Gasteiger charge is -2.20. The molecule has 0 saturated carbocycles. The minimum absolute atomic E-state index is 0.167. The first-order chi connectivity index (χ1) is 18.5. The topological polar surface area (TPSA) is 148 Å². The van der Waals surface area contributed by atoms with E-state index in [1.165, 1.54) is 18.2 Å². The van der Waals surface area contributed by atoms with Crippen LogP contribution in [0, 0.1) is 0 Å². The van der Waals surface area contributed by atoms with E-state index in [2.05, 4.69) is 20.3 Å². The van der Waals surface area contributed by atoms with Gasteiger partial charge >= 0.3 is 0 Å². The number of nitrogens with one attached hydrogen (secondary N) is 1. The number of carbonyl (C=O) groups is 3. The summed E-state index contributed by atoms with van der Waals surface area (Å²) < 4.78 is 13.5. The van der Waals surface area contributed by atoms with Crippen molar-refractivity contribution in [2.45, 2.75) is 38.0 Å². The maximum Gasteiger partial charge on any atom is 0.281 e. The Morgan fingerprint density at radius 2 is 2.18 bits per heavy atom. The zero-order chi connectivity index (χ0) is 26.6. The van der Waals surface area contributed by atoms with Crippen LogP contribution in [-0.4, -0.2) is 81.6 Å². The van der Waals surface area contributed by atoms with Crippen molar-refractivity contribution in [1.82, 2.24) is 19.4 Å². The molecule has 2 aliphatic heterocycles. The summed E-state index contributed by atoms with van der Waals surface area (Å²) >= 11 is 0. The van der Waals surface area contributed by atoms with Crippen LogP contribution in [0.4, 0.5) is 5.82 Å². The fourth-order valence-electron chi connectivity index (χ4n) is 4.80. The standard InChI is InChI=1S/C26H28N6O6/c1-37-23-20(38-11-3-5-21(35)32-14-18(34)12-17(32)15-33)7-6-19-22(23)29-26(31-10-9-28-24(19)31)30-25(36)16-4-2-8-27-13-16/h2,4,6-8,13,15,17-18,28,34H,3,5,9-12,14H2,1H3/t17-,18-/m0/s1. The van der Waals surface area contributed by atoms with Crippen LogP contribution < -0.4 is 20.4 Å². The number of amides is 2. The van der Waals surface area contributed by atoms with E-state index < -0.39 is 18.1 Å². The van der Waals surface area contributed by atoms with Crippen molar-refractivity contribution < 1.29 is 29.0 Å². The largest absolute Gasteiger partial charge is 0.491 e. The van der Waals surface area contributed by atoms with Gasteiger partial charge in [0.1, 0.15) is 17.6 Å². The highest BCUT2D eigenvalue weighted by atomic mass is 16.5. The van der Waals surface area contributed by atoms with Crippen molar-refractivity contribution in [3.8, 4) is 11.5 Å². The number of anilines is 1. The first-order valence-corrected chi connectivity index (χ1v) is 12.4. The molecular formula is C26H28N6O6. The molecule has 3 aromatic rings. The minimum Gasteiger partial charge on any atom is -0.491 e. The van der Waals surface area contributed by atoms with Gasteiger partial charge < -0.3 is 29.6 Å². The van der Waals surface area contributed by atoms with Gasteiger partial charge in [-0.1, -0.05) is 0 Å². The number of aldehydes is 1. The quantitative estimate of drug-likeness (QED) is 0.327. The predicted octanol–water partition coefficient (Wildman–Crippen LogP) is 0.926. The van der Waals surface area contributed by atoms with Crippen LogP contribution in [0.25, 0.3) is 10.9 Å². The average molecular weight is 521 g/mol. The summed E-state index contributed by atoms with van der Waals surface area (Å²) in [6.45, 7) is 1.66. The number of β-amino-alcohol motifs (C(OH)–C–C–N with tert-alkyl or cyclic N) is 1. The first-order valence-electron chi connectivity index (χ1n) is 12.4. The number of aliphatic hydroxyl groups is 1. The molecule has 2 amide bonds. The number of methoxy groups -OCH3 is 1. The Balaban J connectivity index is 1.37. The Kier molecular flexibility index (Phi) is 7.31. The smallest absolute Gasteiger partial charge is 0.281 e. The van der Waals surface area contributed by atoms with Crippen LogP contribution >= 0.6 is 0 Å². The Morgan fingerprint density at radius 3 is 2.95 bits per heavy atom. The Labute approximate surface area is 217 Å². The molecule has 1 fully saturated rings. The fourth-order valence-corrected chi connectivity index (χ4v) is 4.80. The highest BCUT2D eigenvalue weighted by molar-refractivity contribution is 5.96. The van der Waals surface area contributed by atoms with Gasteiger partial charge in [-0.15, -0.1) is 0 Å². The van der Waals surface area contributed by atoms with E-state index in [1.54, 1.807) is 24.4 Å². The summed E-state index contributed by atoms with van der Waals surface area (Å²) in [4.78, 5) is 50.8. The SMILES string of the molecule is COc1c(OCCCC(=O)N2C[C@@H](O)C[C@H]2C=O)ccc2c3n(c(=NC(=O)c4cccnc4)nc12)CCN3. The van der Waals surface area contributed by atoms with Crippen LogP contribution in [0.3, 0.4) is 0 Å². The van der Waals surface area contributed by atoms with Gasteiger partial charge in [-0.2, -0.15) is 4.99 Å². The van der Waals surface area contributed by atoms with E-state index in [4.69, 9.17) is 9.47 Å². The summed E-state index contributed by atoms with van der Waals surface area (Å²) in [6, 6.07) is 6.38. The zero-order valence-electron chi connectivity index (χ0n) is 20.9. The summed E-state index contributed by atoms with van der Waals surface area (Å²) in [7, 11) is 1.51. The molecule has 0 aliphatic carbocycles. The molecule has 12 nitrogen and oxygen atoms in total. The third-order valence-electron chi connectivity index (χ3n) is 6.61. The van der Waals surface area contributed by atoms with Crippen LogP contribution in [0.5, 0.6) is 11.5 Å². The number of benzene rings is 1. The summed E-state index contributed by atoms with van der Waals surface area (Å²) in [5.74, 6) is 0.956. The molecule has 2 aliphatic rings. The number of pyridine rings is 1. The van der Waals surface area contributed by atoms with Gasteiger partial charge in [0.2, 0.25) is 11.5 Å². The van der Waals surface area contributed by atoms with E-state index >= 15 is 0 Å². The highest BCUT2D eigenvalue weighted by Gasteiger charge is 2.33. The number of hydrogen-bond acceptors (Lipinski definition) is 9. The van der Waals surface area contributed by atoms with Crippen molar-refractivity contribution in [2.75, 3.05) is 32.1 Å². The van der Waals surface area contributed by atoms with E-state index in [9.17, 15) is 19.5 Å². The molecule has 0 bridgehead atoms. The Bertz CT molecular complexity index is 1440. The number of fused-ring (bicyclic) bond motifs is 3. The first kappa shape index (κ1) is 25.3. The number of aliphatic hydroxyl groups excluding tert-OH is 1. The molecule has 1 aromatic carbocycles. The fraction of sp³-hybridized carbons (Fsp3) is 0.385. The molecule has 2 N–H and O–H groups in total. The van der Waals surface area contributed by atoms with Crippen LogP contribution in [-0.2, 0) is 16.1 Å². The van der Waals surface area contributed by atoms with E-state index in [0.29, 0.717) is 48.4 Å². The number of ether oxygens (including phenoxy) is 2. The molecular weight excluding hydrogens is 492 g/mol. The maximum atomic E-state index is 12.8. The van der Waals surface area contributed by atoms with Crippen molar-refractivity contribution in [2.24, 2.45) is 4.99 Å². The molecule has 0 radical (unpaired) electrons. The number of aromatic nitrogens is 3. The summed E-state index contributed by atoms with van der Waals surface area (Å²) in [5.41, 5.74) is 1.08. The average Bonchev–Trinajstić information content (AvgIpc) is 3.58. The van der Waals surface area contributed by atoms with Gasteiger partial charge in [-0.25, -0.2) is 4.98 Å². The molecule has 198 valence electrons. The lowest BCUT2D eigenvalue weighted by Crippen LogP contribution is -2.36. The predicted molar refractivity (Wildman–Crippen MR) is 136 cm³/mol. The van der Waals surface area contributed by atoms with Crippen LogP contribution in [0.2, 0.25) is 0 Å². The molecule has 0 unspecified atom stereocenters. The van der Waals surface area contributed by atoms with Crippen molar-refractivity contribution in [1.29, 1.82) is 0 Å². The molecule has 4 heterocycles. The molecule has 2 aromatic heterocycles. The lowest BCUT2D eigenvalue weighted by atomic mass is 10.2. The van der Waals surface area contributed by atoms with Gasteiger partial charge in [0, 0.05) is 50.3 Å². The van der Waals surface area contributed by atoms with Gasteiger partial charge in [0.25, 0.3) is 5.91 Å². The molecule has 0 spiro atoms. The number of likely N-dealkylation sites (tertiary alicyclic amines) is 1. The third kappa shape index (κ3) is 4.94. The van der Waals surface area contributed by atoms with Gasteiger partial charge in [0.05, 0.1) is 31.4 Å². The molecule has 5 rings (SSSR count). The maximum absolute atomic E-state index is 12.8. The number of nitrogens with zero attached hydrogens (tertiary/aromatic N) is 5. The third-order valence-corrected chi connectivity index (χ3v) is 6.61. The van der Waals surface area contributed by atoms with Crippen LogP contribution in [0.1, 0.15) is 29.6 Å². The normalized spacial score (nSPS) is 18.8. The van der Waals surface area contributed by atoms with Gasteiger partial charge in [0.15, 0.2) is 11.5 Å². The van der Waals surface area contributed by atoms with E-state index in [-0.39, 0.29) is 37.5 Å². The van der Waals surface area contributed by atoms with Crippen molar-refractivity contribution >= 4 is 34.8 Å². The minimum atomic E-state index is -0.676. The summed E-state index contributed by atoms with van der Waals surface area (Å²) in [5, 5.41) is 13.9. The van der Waals surface area contributed by atoms with Crippen molar-refractivity contribution in [3.63, 3.8) is 0 Å². The zero-order valence-corrected chi connectivity index (χ0v) is 20.9. The molecule has 2 atom stereocenters. The second-order valence-corrected chi connectivity index (χ2v) is 9.08. The number of rotatable bonds is 8. The second kappa shape index (κ2) is 11.0. The van der Waals surface area contributed by atoms with E-state index in [1.807, 2.05) is 10.6 Å². The number of hydrogen-bond donors (Lipinski definition) is 2. The lowest BCUT2D eigenvalue weighted by molar-refractivity contribution is -0.134. The highest BCUT2D eigenvalue weighted by Crippen LogP contribution is 2.37. The molecule has 1 saturated heterocycles. The summed E-state index contributed by atoms with van der Waals surface area (Å²) in [6.07, 6.45) is 3.93. The Morgan fingerprint density at radius 1 is 1.32 bits per heavy atom.